The first-order valence-electron chi connectivity index (χ1n) is 6.80. The SMILES string of the molecule is Nc1cccc(-n2nc3c(c2N)c(=O)[nH]c2ccccc23)c1. The van der Waals surface area contributed by atoms with Crippen LogP contribution in [0.1, 0.15) is 0 Å². The van der Waals surface area contributed by atoms with E-state index in [1.54, 1.807) is 16.8 Å². The number of aromatic nitrogens is 3. The monoisotopic (exact) mass is 291 g/mol. The van der Waals surface area contributed by atoms with Gasteiger partial charge in [-0.3, -0.25) is 4.79 Å². The van der Waals surface area contributed by atoms with Crippen LogP contribution in [-0.4, -0.2) is 14.8 Å². The molecule has 22 heavy (non-hydrogen) atoms. The number of nitrogens with one attached hydrogen (secondary N) is 1. The molecule has 0 aliphatic carbocycles. The summed E-state index contributed by atoms with van der Waals surface area (Å²) in [6.45, 7) is 0. The Morgan fingerprint density at radius 1 is 1.05 bits per heavy atom. The smallest absolute Gasteiger partial charge is 0.261 e. The largest absolute Gasteiger partial charge is 0.399 e. The van der Waals surface area contributed by atoms with Crippen LogP contribution in [0.25, 0.3) is 27.5 Å². The van der Waals surface area contributed by atoms with Gasteiger partial charge in [-0.15, -0.1) is 0 Å². The minimum Gasteiger partial charge on any atom is -0.399 e. The molecule has 0 amide bonds. The third-order valence-corrected chi connectivity index (χ3v) is 3.69. The highest BCUT2D eigenvalue weighted by molar-refractivity contribution is 6.06. The fraction of sp³-hybridized carbons (Fsp3) is 0. The second-order valence-corrected chi connectivity index (χ2v) is 5.12. The first-order chi connectivity index (χ1) is 10.6. The molecule has 0 unspecified atom stereocenters. The van der Waals surface area contributed by atoms with E-state index >= 15 is 0 Å². The minimum absolute atomic E-state index is 0.249. The van der Waals surface area contributed by atoms with Crippen molar-refractivity contribution in [3.8, 4) is 5.69 Å². The number of hydrogen-bond donors (Lipinski definition) is 3. The van der Waals surface area contributed by atoms with Crippen LogP contribution < -0.4 is 17.0 Å². The first kappa shape index (κ1) is 12.5. The number of nitrogen functional groups attached to an aromatic ring is 2. The number of para-hydroxylation sites is 1. The maximum Gasteiger partial charge on any atom is 0.261 e. The Morgan fingerprint density at radius 2 is 1.86 bits per heavy atom. The molecular weight excluding hydrogens is 278 g/mol. The summed E-state index contributed by atoms with van der Waals surface area (Å²) in [4.78, 5) is 15.1. The van der Waals surface area contributed by atoms with Gasteiger partial charge in [-0.25, -0.2) is 4.68 Å². The molecule has 0 aliphatic rings. The summed E-state index contributed by atoms with van der Waals surface area (Å²) in [7, 11) is 0. The van der Waals surface area contributed by atoms with Crippen LogP contribution in [0.5, 0.6) is 0 Å². The fourth-order valence-corrected chi connectivity index (χ4v) is 2.68. The molecule has 2 heterocycles. The second-order valence-electron chi connectivity index (χ2n) is 5.12. The minimum atomic E-state index is -0.249. The molecule has 6 heteroatoms. The van der Waals surface area contributed by atoms with Gasteiger partial charge in [0.1, 0.15) is 16.7 Å². The quantitative estimate of drug-likeness (QED) is 0.467. The van der Waals surface area contributed by atoms with Gasteiger partial charge in [0.2, 0.25) is 0 Å². The van der Waals surface area contributed by atoms with Crippen molar-refractivity contribution >= 4 is 33.3 Å². The van der Waals surface area contributed by atoms with Crippen LogP contribution in [0.15, 0.2) is 53.3 Å². The number of hydrogen-bond acceptors (Lipinski definition) is 4. The van der Waals surface area contributed by atoms with Gasteiger partial charge in [0.25, 0.3) is 5.56 Å². The fourth-order valence-electron chi connectivity index (χ4n) is 2.68. The maximum atomic E-state index is 12.3. The summed E-state index contributed by atoms with van der Waals surface area (Å²) in [5, 5.41) is 5.77. The predicted octanol–water partition coefficient (Wildman–Crippen LogP) is 2.03. The second kappa shape index (κ2) is 4.36. The predicted molar refractivity (Wildman–Crippen MR) is 88.0 cm³/mol. The van der Waals surface area contributed by atoms with E-state index in [1.165, 1.54) is 0 Å². The normalized spacial score (nSPS) is 11.3. The molecule has 0 fully saturated rings. The van der Waals surface area contributed by atoms with Crippen molar-refractivity contribution in [2.45, 2.75) is 0 Å². The number of H-pyrrole nitrogens is 1. The Balaban J connectivity index is 2.15. The van der Waals surface area contributed by atoms with Crippen LogP contribution in [0, 0.1) is 0 Å². The number of aromatic amines is 1. The average molecular weight is 291 g/mol. The average Bonchev–Trinajstić information content (AvgIpc) is 2.86. The van der Waals surface area contributed by atoms with Crippen LogP contribution in [0.3, 0.4) is 0 Å². The van der Waals surface area contributed by atoms with Gasteiger partial charge < -0.3 is 16.5 Å². The Bertz CT molecular complexity index is 1080. The Labute approximate surface area is 125 Å². The molecule has 0 saturated carbocycles. The number of nitrogens with two attached hydrogens (primary N) is 2. The molecule has 0 aliphatic heterocycles. The number of pyridine rings is 1. The molecule has 2 aromatic heterocycles. The van der Waals surface area contributed by atoms with E-state index in [-0.39, 0.29) is 5.56 Å². The zero-order chi connectivity index (χ0) is 15.3. The lowest BCUT2D eigenvalue weighted by Gasteiger charge is -2.04. The van der Waals surface area contributed by atoms with E-state index in [4.69, 9.17) is 11.5 Å². The molecule has 0 saturated heterocycles. The molecule has 2 aromatic carbocycles. The third-order valence-electron chi connectivity index (χ3n) is 3.69. The van der Waals surface area contributed by atoms with Gasteiger partial charge in [-0.05, 0) is 24.3 Å². The van der Waals surface area contributed by atoms with Crippen molar-refractivity contribution in [1.82, 2.24) is 14.8 Å². The Hall–Kier alpha value is -3.28. The summed E-state index contributed by atoms with van der Waals surface area (Å²) < 4.78 is 1.54. The first-order valence-corrected chi connectivity index (χ1v) is 6.80. The highest BCUT2D eigenvalue weighted by Crippen LogP contribution is 2.26. The molecular formula is C16H13N5O. The number of anilines is 2. The van der Waals surface area contributed by atoms with Gasteiger partial charge in [0.15, 0.2) is 0 Å². The lowest BCUT2D eigenvalue weighted by atomic mass is 10.1. The van der Waals surface area contributed by atoms with Crippen molar-refractivity contribution in [1.29, 1.82) is 0 Å². The number of rotatable bonds is 1. The lowest BCUT2D eigenvalue weighted by Crippen LogP contribution is -2.08. The highest BCUT2D eigenvalue weighted by Gasteiger charge is 2.16. The van der Waals surface area contributed by atoms with Crippen LogP contribution in [0.2, 0.25) is 0 Å². The van der Waals surface area contributed by atoms with E-state index in [1.807, 2.05) is 36.4 Å². The van der Waals surface area contributed by atoms with E-state index in [9.17, 15) is 4.79 Å². The van der Waals surface area contributed by atoms with Crippen molar-refractivity contribution < 1.29 is 0 Å². The lowest BCUT2D eigenvalue weighted by molar-refractivity contribution is 0.909. The topological polar surface area (TPSA) is 103 Å². The van der Waals surface area contributed by atoms with Crippen molar-refractivity contribution in [3.63, 3.8) is 0 Å². The molecule has 0 radical (unpaired) electrons. The van der Waals surface area contributed by atoms with Gasteiger partial charge >= 0.3 is 0 Å². The third kappa shape index (κ3) is 1.67. The Morgan fingerprint density at radius 3 is 2.68 bits per heavy atom. The van der Waals surface area contributed by atoms with E-state index in [0.29, 0.717) is 22.4 Å². The highest BCUT2D eigenvalue weighted by atomic mass is 16.1. The van der Waals surface area contributed by atoms with Crippen molar-refractivity contribution in [2.24, 2.45) is 0 Å². The van der Waals surface area contributed by atoms with E-state index in [2.05, 4.69) is 10.1 Å². The zero-order valence-corrected chi connectivity index (χ0v) is 11.6. The summed E-state index contributed by atoms with van der Waals surface area (Å²) in [6.07, 6.45) is 0. The van der Waals surface area contributed by atoms with Crippen LogP contribution in [-0.2, 0) is 0 Å². The van der Waals surface area contributed by atoms with Crippen LogP contribution in [0.4, 0.5) is 11.5 Å². The number of benzene rings is 2. The molecule has 108 valence electrons. The molecule has 5 N–H and O–H groups in total. The number of fused-ring (bicyclic) bond motifs is 3. The molecule has 0 bridgehead atoms. The number of nitrogens with zero attached hydrogens (tertiary/aromatic N) is 2. The van der Waals surface area contributed by atoms with Gasteiger partial charge in [-0.1, -0.05) is 24.3 Å². The summed E-state index contributed by atoms with van der Waals surface area (Å²) in [5.74, 6) is 0.299. The van der Waals surface area contributed by atoms with E-state index < -0.39 is 0 Å². The zero-order valence-electron chi connectivity index (χ0n) is 11.6. The van der Waals surface area contributed by atoms with Crippen molar-refractivity contribution in [2.75, 3.05) is 11.5 Å². The Kier molecular flexibility index (Phi) is 2.47. The van der Waals surface area contributed by atoms with Crippen LogP contribution >= 0.6 is 0 Å². The van der Waals surface area contributed by atoms with Crippen molar-refractivity contribution in [3.05, 3.63) is 58.9 Å². The summed E-state index contributed by atoms with van der Waals surface area (Å²) in [6, 6.07) is 14.7. The standard InChI is InChI=1S/C16H13N5O/c17-9-4-3-5-10(8-9)21-15(18)13-14(20-21)11-6-1-2-7-12(11)19-16(13)22/h1-8H,17-18H2,(H,19,22). The van der Waals surface area contributed by atoms with Gasteiger partial charge in [0.05, 0.1) is 11.2 Å². The molecule has 4 rings (SSSR count). The van der Waals surface area contributed by atoms with Gasteiger partial charge in [-0.2, -0.15) is 5.10 Å². The molecule has 4 aromatic rings. The molecule has 0 atom stereocenters. The summed E-state index contributed by atoms with van der Waals surface area (Å²) >= 11 is 0. The molecule has 0 spiro atoms. The maximum absolute atomic E-state index is 12.3. The molecule has 6 nitrogen and oxygen atoms in total. The van der Waals surface area contributed by atoms with E-state index in [0.717, 1.165) is 16.6 Å². The summed E-state index contributed by atoms with van der Waals surface area (Å²) in [5.41, 5.74) is 14.4. The van der Waals surface area contributed by atoms with Gasteiger partial charge in [0, 0.05) is 11.1 Å².